The highest BCUT2D eigenvalue weighted by atomic mass is 16.4. The summed E-state index contributed by atoms with van der Waals surface area (Å²) < 4.78 is 1.64. The van der Waals surface area contributed by atoms with Crippen molar-refractivity contribution >= 4 is 17.3 Å². The van der Waals surface area contributed by atoms with Gasteiger partial charge in [-0.2, -0.15) is 5.10 Å². The maximum absolute atomic E-state index is 11.3. The smallest absolute Gasteiger partial charge is 0.339 e. The minimum Gasteiger partial charge on any atom is -0.478 e. The topological polar surface area (TPSA) is 61.6 Å². The van der Waals surface area contributed by atoms with Crippen molar-refractivity contribution in [1.82, 2.24) is 9.78 Å². The Bertz CT molecular complexity index is 680. The van der Waals surface area contributed by atoms with Crippen molar-refractivity contribution in [1.29, 1.82) is 0 Å². The van der Waals surface area contributed by atoms with Crippen LogP contribution in [0.4, 0.5) is 11.4 Å². The summed E-state index contributed by atoms with van der Waals surface area (Å²) in [6.07, 6.45) is 1.42. The number of likely N-dealkylation sites (N-methyl/N-ethyl adjacent to an activating group) is 1. The maximum Gasteiger partial charge on any atom is 0.339 e. The molecule has 0 atom stereocenters. The second-order valence-electron chi connectivity index (χ2n) is 5.27. The predicted molar refractivity (Wildman–Crippen MR) is 80.9 cm³/mol. The summed E-state index contributed by atoms with van der Waals surface area (Å²) in [6, 6.07) is 8.18. The van der Waals surface area contributed by atoms with Gasteiger partial charge in [-0.25, -0.2) is 4.79 Å². The lowest BCUT2D eigenvalue weighted by atomic mass is 10.1. The van der Waals surface area contributed by atoms with Gasteiger partial charge in [0.25, 0.3) is 0 Å². The van der Waals surface area contributed by atoms with Gasteiger partial charge in [0.05, 0.1) is 29.8 Å². The van der Waals surface area contributed by atoms with E-state index in [4.69, 9.17) is 0 Å². The van der Waals surface area contributed by atoms with Crippen molar-refractivity contribution in [2.75, 3.05) is 29.9 Å². The van der Waals surface area contributed by atoms with E-state index in [9.17, 15) is 9.90 Å². The Morgan fingerprint density at radius 1 is 1.24 bits per heavy atom. The summed E-state index contributed by atoms with van der Waals surface area (Å²) in [5, 5.41) is 13.3. The van der Waals surface area contributed by atoms with Crippen LogP contribution in [-0.2, 0) is 13.6 Å². The first-order chi connectivity index (χ1) is 10.1. The van der Waals surface area contributed by atoms with E-state index < -0.39 is 5.97 Å². The monoisotopic (exact) mass is 286 g/mol. The molecular weight excluding hydrogens is 268 g/mol. The van der Waals surface area contributed by atoms with Crippen LogP contribution in [0.5, 0.6) is 0 Å². The number of para-hydroxylation sites is 2. The fourth-order valence-corrected chi connectivity index (χ4v) is 2.74. The molecule has 1 aromatic heterocycles. The van der Waals surface area contributed by atoms with Gasteiger partial charge >= 0.3 is 5.97 Å². The highest BCUT2D eigenvalue weighted by Gasteiger charge is 2.23. The molecule has 1 aromatic carbocycles. The Labute approximate surface area is 123 Å². The molecule has 0 bridgehead atoms. The zero-order valence-corrected chi connectivity index (χ0v) is 12.2. The summed E-state index contributed by atoms with van der Waals surface area (Å²) in [5.74, 6) is -0.930. The number of rotatable bonds is 3. The number of fused-ring (bicyclic) bond motifs is 1. The van der Waals surface area contributed by atoms with Gasteiger partial charge in [0.2, 0.25) is 0 Å². The van der Waals surface area contributed by atoms with E-state index in [1.54, 1.807) is 11.7 Å². The first-order valence-electron chi connectivity index (χ1n) is 6.87. The Balaban J connectivity index is 1.95. The molecule has 110 valence electrons. The standard InChI is InChI=1S/C15H18N4O2/c1-17-7-8-19(13-6-4-3-5-12(13)17)10-14-11(15(20)21)9-16-18(14)2/h3-6,9H,7-8,10H2,1-2H3,(H,20,21). The number of aromatic carboxylic acids is 1. The molecule has 1 N–H and O–H groups in total. The molecule has 1 aliphatic heterocycles. The molecule has 0 unspecified atom stereocenters. The van der Waals surface area contributed by atoms with Gasteiger partial charge in [-0.3, -0.25) is 4.68 Å². The quantitative estimate of drug-likeness (QED) is 0.928. The molecule has 21 heavy (non-hydrogen) atoms. The van der Waals surface area contributed by atoms with Crippen LogP contribution in [0.3, 0.4) is 0 Å². The summed E-state index contributed by atoms with van der Waals surface area (Å²) >= 11 is 0. The first kappa shape index (κ1) is 13.5. The average Bonchev–Trinajstić information content (AvgIpc) is 2.84. The van der Waals surface area contributed by atoms with Crippen LogP contribution in [0, 0.1) is 0 Å². The van der Waals surface area contributed by atoms with Crippen molar-refractivity contribution in [2.45, 2.75) is 6.54 Å². The SMILES string of the molecule is CN1CCN(Cc2c(C(=O)O)cnn2C)c2ccccc21. The molecule has 0 radical (unpaired) electrons. The van der Waals surface area contributed by atoms with Crippen molar-refractivity contribution in [3.63, 3.8) is 0 Å². The molecule has 6 nitrogen and oxygen atoms in total. The van der Waals surface area contributed by atoms with Gasteiger partial charge in [-0.05, 0) is 12.1 Å². The largest absolute Gasteiger partial charge is 0.478 e. The number of benzene rings is 1. The van der Waals surface area contributed by atoms with Crippen LogP contribution < -0.4 is 9.80 Å². The van der Waals surface area contributed by atoms with E-state index in [-0.39, 0.29) is 5.56 Å². The lowest BCUT2D eigenvalue weighted by Crippen LogP contribution is -2.39. The molecule has 6 heteroatoms. The summed E-state index contributed by atoms with van der Waals surface area (Å²) in [4.78, 5) is 15.7. The van der Waals surface area contributed by atoms with Crippen molar-refractivity contribution in [3.8, 4) is 0 Å². The Morgan fingerprint density at radius 3 is 2.67 bits per heavy atom. The normalized spacial score (nSPS) is 14.2. The van der Waals surface area contributed by atoms with Gasteiger partial charge in [0, 0.05) is 27.2 Å². The predicted octanol–water partition coefficient (Wildman–Crippen LogP) is 1.57. The lowest BCUT2D eigenvalue weighted by molar-refractivity contribution is 0.0695. The van der Waals surface area contributed by atoms with E-state index >= 15 is 0 Å². The molecule has 2 aromatic rings. The minimum absolute atomic E-state index is 0.272. The second kappa shape index (κ2) is 5.12. The molecule has 0 saturated heterocycles. The number of nitrogens with zero attached hydrogens (tertiary/aromatic N) is 4. The highest BCUT2D eigenvalue weighted by molar-refractivity contribution is 5.88. The molecule has 3 rings (SSSR count). The third kappa shape index (κ3) is 2.33. The van der Waals surface area contributed by atoms with E-state index in [0.29, 0.717) is 6.54 Å². The second-order valence-corrected chi connectivity index (χ2v) is 5.27. The third-order valence-electron chi connectivity index (χ3n) is 3.97. The summed E-state index contributed by atoms with van der Waals surface area (Å²) in [7, 11) is 3.85. The summed E-state index contributed by atoms with van der Waals surface area (Å²) in [6.45, 7) is 2.32. The van der Waals surface area contributed by atoms with Crippen LogP contribution in [0.15, 0.2) is 30.5 Å². The fourth-order valence-electron chi connectivity index (χ4n) is 2.74. The molecule has 0 amide bonds. The Hall–Kier alpha value is -2.50. The van der Waals surface area contributed by atoms with E-state index in [0.717, 1.165) is 24.5 Å². The number of hydrogen-bond acceptors (Lipinski definition) is 4. The molecule has 2 heterocycles. The van der Waals surface area contributed by atoms with Gasteiger partial charge in [0.1, 0.15) is 5.56 Å². The van der Waals surface area contributed by atoms with Gasteiger partial charge in [0.15, 0.2) is 0 Å². The highest BCUT2D eigenvalue weighted by Crippen LogP contribution is 2.32. The number of aryl methyl sites for hydroxylation is 1. The minimum atomic E-state index is -0.930. The third-order valence-corrected chi connectivity index (χ3v) is 3.97. The zero-order valence-electron chi connectivity index (χ0n) is 12.2. The molecule has 0 spiro atoms. The first-order valence-corrected chi connectivity index (χ1v) is 6.87. The number of anilines is 2. The Kier molecular flexibility index (Phi) is 3.29. The maximum atomic E-state index is 11.3. The molecule has 0 aliphatic carbocycles. The fraction of sp³-hybridized carbons (Fsp3) is 0.333. The zero-order chi connectivity index (χ0) is 15.0. The number of aromatic nitrogens is 2. The summed E-state index contributed by atoms with van der Waals surface area (Å²) in [5.41, 5.74) is 3.29. The molecule has 0 saturated carbocycles. The van der Waals surface area contributed by atoms with Crippen LogP contribution in [0.2, 0.25) is 0 Å². The van der Waals surface area contributed by atoms with Crippen LogP contribution in [0.25, 0.3) is 0 Å². The van der Waals surface area contributed by atoms with Crippen molar-refractivity contribution in [2.24, 2.45) is 7.05 Å². The van der Waals surface area contributed by atoms with Gasteiger partial charge in [-0.1, -0.05) is 12.1 Å². The van der Waals surface area contributed by atoms with Gasteiger partial charge < -0.3 is 14.9 Å². The van der Waals surface area contributed by atoms with Crippen LogP contribution in [-0.4, -0.2) is 41.0 Å². The van der Waals surface area contributed by atoms with E-state index in [1.165, 1.54) is 11.9 Å². The van der Waals surface area contributed by atoms with Crippen LogP contribution in [0.1, 0.15) is 16.1 Å². The number of carbonyl (C=O) groups is 1. The van der Waals surface area contributed by atoms with E-state index in [2.05, 4.69) is 34.1 Å². The van der Waals surface area contributed by atoms with Crippen molar-refractivity contribution < 1.29 is 9.90 Å². The lowest BCUT2D eigenvalue weighted by Gasteiger charge is -2.37. The molecular formula is C15H18N4O2. The van der Waals surface area contributed by atoms with Gasteiger partial charge in [-0.15, -0.1) is 0 Å². The number of carboxylic acids is 1. The van der Waals surface area contributed by atoms with Crippen LogP contribution >= 0.6 is 0 Å². The molecule has 1 aliphatic rings. The Morgan fingerprint density at radius 2 is 1.95 bits per heavy atom. The molecule has 0 fully saturated rings. The van der Waals surface area contributed by atoms with E-state index in [1.807, 2.05) is 12.1 Å². The number of carboxylic acid groups (broad SMARTS) is 1. The number of hydrogen-bond donors (Lipinski definition) is 1. The average molecular weight is 286 g/mol. The van der Waals surface area contributed by atoms with Crippen molar-refractivity contribution in [3.05, 3.63) is 41.7 Å².